The summed E-state index contributed by atoms with van der Waals surface area (Å²) in [6.45, 7) is 9.67. The van der Waals surface area contributed by atoms with Gasteiger partial charge in [0.1, 0.15) is 0 Å². The summed E-state index contributed by atoms with van der Waals surface area (Å²) in [4.78, 5) is 17.9. The smallest absolute Gasteiger partial charge is 0.164 e. The summed E-state index contributed by atoms with van der Waals surface area (Å²) >= 11 is 0. The number of nitrogens with zero attached hydrogens (tertiary/aromatic N) is 4. The minimum absolute atomic E-state index is 0.121. The first-order chi connectivity index (χ1) is 26.7. The van der Waals surface area contributed by atoms with Crippen molar-refractivity contribution in [2.75, 3.05) is 4.90 Å². The number of rotatable bonds is 5. The molecule has 0 spiro atoms. The van der Waals surface area contributed by atoms with Crippen molar-refractivity contribution in [3.63, 3.8) is 0 Å². The first-order valence-corrected chi connectivity index (χ1v) is 19.6. The van der Waals surface area contributed by atoms with Crippen molar-refractivity contribution in [3.8, 4) is 45.3 Å². The van der Waals surface area contributed by atoms with Gasteiger partial charge in [0.05, 0.1) is 6.04 Å². The molecule has 1 aliphatic heterocycles. The molecule has 268 valence electrons. The van der Waals surface area contributed by atoms with Crippen LogP contribution in [0.1, 0.15) is 63.1 Å². The summed E-state index contributed by atoms with van der Waals surface area (Å²) in [7, 11) is 0. The van der Waals surface area contributed by atoms with E-state index in [1.165, 1.54) is 51.6 Å². The molecule has 0 N–H and O–H groups in total. The molecule has 3 aliphatic rings. The molecule has 2 atom stereocenters. The Kier molecular flexibility index (Phi) is 7.74. The molecule has 6 aromatic carbocycles. The highest BCUT2D eigenvalue weighted by Crippen LogP contribution is 2.54. The Morgan fingerprint density at radius 1 is 0.491 bits per heavy atom. The van der Waals surface area contributed by atoms with Crippen LogP contribution in [0.3, 0.4) is 0 Å². The molecule has 2 heterocycles. The van der Waals surface area contributed by atoms with Crippen LogP contribution < -0.4 is 4.90 Å². The van der Waals surface area contributed by atoms with Gasteiger partial charge in [-0.2, -0.15) is 0 Å². The van der Waals surface area contributed by atoms with E-state index in [1.54, 1.807) is 0 Å². The van der Waals surface area contributed by atoms with E-state index in [1.807, 2.05) is 18.2 Å². The van der Waals surface area contributed by atoms with E-state index < -0.39 is 0 Å². The van der Waals surface area contributed by atoms with Gasteiger partial charge in [-0.15, -0.1) is 0 Å². The molecular formula is C51H44N4. The summed E-state index contributed by atoms with van der Waals surface area (Å²) < 4.78 is 0. The zero-order chi connectivity index (χ0) is 37.3. The SMILES string of the molecule is CC1(C)CCC(C)(C)c2cc3c(cc21)C1C=CC=CC1N3c1cccc(-c2nc(-c3ccccc3)nc(-c3ccc(-c4ccc5ccccc5c4)cc3)n2)c1. The van der Waals surface area contributed by atoms with Crippen LogP contribution >= 0.6 is 0 Å². The standard InChI is InChI=1S/C51H44N4/c1-50(2)27-28-51(3,4)44-32-46-42(31-43(44)50)41-19-10-11-20-45(41)55(46)40-18-12-17-39(30-40)49-53-47(35-14-6-5-7-15-35)52-48(54-49)36-24-21-34(22-25-36)38-26-23-33-13-8-9-16-37(33)29-38/h5-26,29-32,41,45H,27-28H2,1-4H3. The fraction of sp³-hybridized carbons (Fsp3) is 0.196. The Morgan fingerprint density at radius 2 is 1.07 bits per heavy atom. The molecule has 10 rings (SSSR count). The van der Waals surface area contributed by atoms with Crippen molar-refractivity contribution in [1.29, 1.82) is 0 Å². The van der Waals surface area contributed by atoms with Crippen molar-refractivity contribution in [3.05, 3.63) is 174 Å². The first-order valence-electron chi connectivity index (χ1n) is 19.6. The molecule has 0 bridgehead atoms. The van der Waals surface area contributed by atoms with Gasteiger partial charge in [-0.25, -0.2) is 15.0 Å². The topological polar surface area (TPSA) is 41.9 Å². The van der Waals surface area contributed by atoms with E-state index in [4.69, 9.17) is 15.0 Å². The average Bonchev–Trinajstić information content (AvgIpc) is 3.56. The van der Waals surface area contributed by atoms with Gasteiger partial charge in [-0.3, -0.25) is 0 Å². The molecule has 4 nitrogen and oxygen atoms in total. The molecule has 0 amide bonds. The van der Waals surface area contributed by atoms with Crippen LogP contribution in [-0.4, -0.2) is 21.0 Å². The third-order valence-electron chi connectivity index (χ3n) is 12.3. The number of hydrogen-bond acceptors (Lipinski definition) is 4. The summed E-state index contributed by atoms with van der Waals surface area (Å²) in [6.07, 6.45) is 11.6. The Labute approximate surface area is 324 Å². The van der Waals surface area contributed by atoms with E-state index in [9.17, 15) is 0 Å². The Bertz CT molecular complexity index is 2670. The third kappa shape index (κ3) is 5.79. The zero-order valence-corrected chi connectivity index (χ0v) is 31.9. The molecule has 55 heavy (non-hydrogen) atoms. The van der Waals surface area contributed by atoms with Crippen molar-refractivity contribution in [1.82, 2.24) is 15.0 Å². The second-order valence-electron chi connectivity index (χ2n) is 16.7. The van der Waals surface area contributed by atoms with Crippen molar-refractivity contribution < 1.29 is 0 Å². The number of hydrogen-bond donors (Lipinski definition) is 0. The predicted octanol–water partition coefficient (Wildman–Crippen LogP) is 12.8. The van der Waals surface area contributed by atoms with Gasteiger partial charge in [-0.05, 0) is 86.5 Å². The quantitative estimate of drug-likeness (QED) is 0.178. The zero-order valence-electron chi connectivity index (χ0n) is 31.9. The number of benzene rings is 6. The number of aromatic nitrogens is 3. The van der Waals surface area contributed by atoms with Crippen molar-refractivity contribution in [2.45, 2.75) is 63.3 Å². The molecule has 0 radical (unpaired) electrons. The largest absolute Gasteiger partial charge is 0.333 e. The molecule has 2 unspecified atom stereocenters. The van der Waals surface area contributed by atoms with Crippen LogP contribution in [0, 0.1) is 0 Å². The lowest BCUT2D eigenvalue weighted by atomic mass is 9.62. The van der Waals surface area contributed by atoms with E-state index in [0.717, 1.165) is 27.9 Å². The molecule has 0 fully saturated rings. The molecule has 0 saturated heterocycles. The molecule has 0 saturated carbocycles. The fourth-order valence-corrected chi connectivity index (χ4v) is 9.02. The third-order valence-corrected chi connectivity index (χ3v) is 12.3. The molecular weight excluding hydrogens is 669 g/mol. The highest BCUT2D eigenvalue weighted by Gasteiger charge is 2.43. The maximum Gasteiger partial charge on any atom is 0.164 e. The average molecular weight is 713 g/mol. The van der Waals surface area contributed by atoms with Gasteiger partial charge < -0.3 is 4.90 Å². The van der Waals surface area contributed by atoms with Gasteiger partial charge in [-0.1, -0.05) is 161 Å². The highest BCUT2D eigenvalue weighted by molar-refractivity contribution is 5.87. The lowest BCUT2D eigenvalue weighted by Crippen LogP contribution is -2.34. The lowest BCUT2D eigenvalue weighted by molar-refractivity contribution is 0.332. The molecule has 1 aromatic heterocycles. The van der Waals surface area contributed by atoms with Crippen molar-refractivity contribution in [2.24, 2.45) is 0 Å². The van der Waals surface area contributed by atoms with Crippen LogP contribution in [0.25, 0.3) is 56.1 Å². The second kappa shape index (κ2) is 12.7. The first kappa shape index (κ1) is 33.4. The van der Waals surface area contributed by atoms with E-state index >= 15 is 0 Å². The lowest BCUT2D eigenvalue weighted by Gasteiger charge is -2.42. The monoisotopic (exact) mass is 712 g/mol. The minimum atomic E-state index is 0.121. The van der Waals surface area contributed by atoms with Gasteiger partial charge >= 0.3 is 0 Å². The summed E-state index contributed by atoms with van der Waals surface area (Å²) in [5, 5.41) is 2.47. The maximum absolute atomic E-state index is 5.16. The molecule has 2 aliphatic carbocycles. The van der Waals surface area contributed by atoms with Crippen LogP contribution in [0.15, 0.2) is 158 Å². The number of allylic oxidation sites excluding steroid dienone is 2. The fourth-order valence-electron chi connectivity index (χ4n) is 9.02. The summed E-state index contributed by atoms with van der Waals surface area (Å²) in [6, 6.07) is 48.0. The Balaban J connectivity index is 1.07. The van der Waals surface area contributed by atoms with E-state index in [0.29, 0.717) is 23.4 Å². The van der Waals surface area contributed by atoms with Crippen LogP contribution in [0.4, 0.5) is 11.4 Å². The van der Waals surface area contributed by atoms with Crippen molar-refractivity contribution >= 4 is 22.1 Å². The van der Waals surface area contributed by atoms with E-state index in [2.05, 4.69) is 172 Å². The number of anilines is 2. The van der Waals surface area contributed by atoms with E-state index in [-0.39, 0.29) is 16.9 Å². The van der Waals surface area contributed by atoms with Gasteiger partial charge in [0, 0.05) is 34.0 Å². The van der Waals surface area contributed by atoms with Gasteiger partial charge in [0.15, 0.2) is 17.5 Å². The number of fused-ring (bicyclic) bond motifs is 5. The van der Waals surface area contributed by atoms with Gasteiger partial charge in [0.25, 0.3) is 0 Å². The summed E-state index contributed by atoms with van der Waals surface area (Å²) in [5.74, 6) is 2.27. The Morgan fingerprint density at radius 3 is 1.82 bits per heavy atom. The minimum Gasteiger partial charge on any atom is -0.333 e. The molecule has 7 aromatic rings. The van der Waals surface area contributed by atoms with Crippen LogP contribution in [-0.2, 0) is 10.8 Å². The highest BCUT2D eigenvalue weighted by atomic mass is 15.2. The van der Waals surface area contributed by atoms with Gasteiger partial charge in [0.2, 0.25) is 0 Å². The second-order valence-corrected chi connectivity index (χ2v) is 16.7. The molecule has 4 heteroatoms. The van der Waals surface area contributed by atoms with Crippen LogP contribution in [0.5, 0.6) is 0 Å². The Hall–Kier alpha value is -6.13. The normalized spacial score (nSPS) is 18.9. The maximum atomic E-state index is 5.16. The summed E-state index contributed by atoms with van der Waals surface area (Å²) in [5.41, 5.74) is 12.3. The predicted molar refractivity (Wildman–Crippen MR) is 228 cm³/mol. The van der Waals surface area contributed by atoms with Crippen LogP contribution in [0.2, 0.25) is 0 Å².